The molecule has 0 nitrogen and oxygen atoms in total. The zero-order valence-corrected chi connectivity index (χ0v) is 8.62. The molecular formula is C14H14. The van der Waals surface area contributed by atoms with Crippen LogP contribution in [0.25, 0.3) is 0 Å². The molecule has 0 aromatic rings. The lowest BCUT2D eigenvalue weighted by Crippen LogP contribution is -2.30. The van der Waals surface area contributed by atoms with Gasteiger partial charge in [0.1, 0.15) is 0 Å². The lowest BCUT2D eigenvalue weighted by atomic mass is 9.67. The van der Waals surface area contributed by atoms with Crippen LogP contribution in [0.4, 0.5) is 0 Å². The van der Waals surface area contributed by atoms with Crippen molar-refractivity contribution < 1.29 is 0 Å². The molecule has 0 aromatic heterocycles. The minimum absolute atomic E-state index is 0.389. The molecule has 0 heterocycles. The summed E-state index contributed by atoms with van der Waals surface area (Å²) in [6.07, 6.45) is 12.1. The van der Waals surface area contributed by atoms with Crippen LogP contribution in [0.15, 0.2) is 47.1 Å². The van der Waals surface area contributed by atoms with Crippen LogP contribution in [0.5, 0.6) is 0 Å². The van der Waals surface area contributed by atoms with E-state index in [1.807, 2.05) is 0 Å². The van der Waals surface area contributed by atoms with Crippen molar-refractivity contribution in [3.05, 3.63) is 47.1 Å². The normalized spacial score (nSPS) is 43.9. The van der Waals surface area contributed by atoms with Gasteiger partial charge in [-0.2, -0.15) is 0 Å². The zero-order valence-electron chi connectivity index (χ0n) is 8.62. The summed E-state index contributed by atoms with van der Waals surface area (Å²) in [4.78, 5) is 0. The standard InChI is InChI=1S/C14H14/c1-14(2)7-9-4-3-8-5-12-10(8)6-11(9)13(12)14/h3-7,11-13H,1-2H3. The third-order valence-corrected chi connectivity index (χ3v) is 4.42. The summed E-state index contributed by atoms with van der Waals surface area (Å²) in [5, 5.41) is 0. The number of rotatable bonds is 0. The van der Waals surface area contributed by atoms with Crippen LogP contribution in [0, 0.1) is 23.2 Å². The zero-order chi connectivity index (χ0) is 9.50. The fourth-order valence-corrected chi connectivity index (χ4v) is 3.85. The van der Waals surface area contributed by atoms with E-state index in [9.17, 15) is 0 Å². The molecule has 0 heteroatoms. The van der Waals surface area contributed by atoms with Gasteiger partial charge in [-0.3, -0.25) is 0 Å². The molecule has 70 valence electrons. The second kappa shape index (κ2) is 1.84. The molecule has 0 N–H and O–H groups in total. The molecule has 2 bridgehead atoms. The molecule has 3 unspecified atom stereocenters. The maximum atomic E-state index is 2.52. The van der Waals surface area contributed by atoms with E-state index in [1.54, 1.807) is 11.1 Å². The second-order valence-electron chi connectivity index (χ2n) is 5.62. The molecule has 4 rings (SSSR count). The summed E-state index contributed by atoms with van der Waals surface area (Å²) >= 11 is 0. The van der Waals surface area contributed by atoms with Gasteiger partial charge in [0.15, 0.2) is 0 Å². The molecule has 0 spiro atoms. The Bertz CT molecular complexity index is 454. The van der Waals surface area contributed by atoms with E-state index in [0.29, 0.717) is 5.41 Å². The summed E-state index contributed by atoms with van der Waals surface area (Å²) in [5.41, 5.74) is 5.07. The van der Waals surface area contributed by atoms with E-state index in [-0.39, 0.29) is 0 Å². The highest BCUT2D eigenvalue weighted by Gasteiger charge is 2.52. The van der Waals surface area contributed by atoms with E-state index in [2.05, 4.69) is 44.2 Å². The van der Waals surface area contributed by atoms with E-state index >= 15 is 0 Å². The molecule has 0 fully saturated rings. The molecule has 0 radical (unpaired) electrons. The summed E-state index contributed by atoms with van der Waals surface area (Å²) < 4.78 is 0. The van der Waals surface area contributed by atoms with Gasteiger partial charge in [-0.05, 0) is 28.1 Å². The smallest absolute Gasteiger partial charge is 0.00751 e. The van der Waals surface area contributed by atoms with Gasteiger partial charge in [-0.25, -0.2) is 0 Å². The van der Waals surface area contributed by atoms with Gasteiger partial charge in [0, 0.05) is 11.8 Å². The minimum Gasteiger partial charge on any atom is -0.0747 e. The van der Waals surface area contributed by atoms with Crippen LogP contribution in [0.2, 0.25) is 0 Å². The third-order valence-electron chi connectivity index (χ3n) is 4.42. The van der Waals surface area contributed by atoms with Crippen molar-refractivity contribution in [2.75, 3.05) is 0 Å². The van der Waals surface area contributed by atoms with E-state index in [0.717, 1.165) is 17.8 Å². The number of hydrogen-bond acceptors (Lipinski definition) is 0. The highest BCUT2D eigenvalue weighted by atomic mass is 14.6. The van der Waals surface area contributed by atoms with E-state index in [1.165, 1.54) is 5.57 Å². The molecule has 0 aromatic carbocycles. The van der Waals surface area contributed by atoms with Gasteiger partial charge in [0.05, 0.1) is 0 Å². The Labute approximate surface area is 84.7 Å². The molecule has 0 saturated heterocycles. The van der Waals surface area contributed by atoms with Crippen molar-refractivity contribution in [1.29, 1.82) is 0 Å². The SMILES string of the molecule is CC1(C)C=C2C=CC3=CC4C3=CC2C41. The maximum absolute atomic E-state index is 2.52. The first-order valence-electron chi connectivity index (χ1n) is 5.51. The molecule has 0 aliphatic heterocycles. The van der Waals surface area contributed by atoms with Crippen molar-refractivity contribution in [3.8, 4) is 0 Å². The predicted molar refractivity (Wildman–Crippen MR) is 57.6 cm³/mol. The Morgan fingerprint density at radius 1 is 1.07 bits per heavy atom. The van der Waals surface area contributed by atoms with Gasteiger partial charge in [-0.1, -0.05) is 44.2 Å². The molecule has 14 heavy (non-hydrogen) atoms. The molecular weight excluding hydrogens is 168 g/mol. The average molecular weight is 182 g/mol. The van der Waals surface area contributed by atoms with Gasteiger partial charge in [0.25, 0.3) is 0 Å². The summed E-state index contributed by atoms with van der Waals surface area (Å²) in [5.74, 6) is 2.31. The Morgan fingerprint density at radius 2 is 1.93 bits per heavy atom. The highest BCUT2D eigenvalue weighted by Crippen LogP contribution is 2.62. The predicted octanol–water partition coefficient (Wildman–Crippen LogP) is 3.25. The topological polar surface area (TPSA) is 0 Å². The summed E-state index contributed by atoms with van der Waals surface area (Å²) in [6, 6.07) is 0. The van der Waals surface area contributed by atoms with Crippen molar-refractivity contribution in [1.82, 2.24) is 0 Å². The summed E-state index contributed by atoms with van der Waals surface area (Å²) in [6.45, 7) is 4.78. The van der Waals surface area contributed by atoms with Crippen LogP contribution < -0.4 is 0 Å². The van der Waals surface area contributed by atoms with Gasteiger partial charge in [0.2, 0.25) is 0 Å². The van der Waals surface area contributed by atoms with Crippen LogP contribution in [-0.2, 0) is 0 Å². The van der Waals surface area contributed by atoms with Crippen molar-refractivity contribution in [3.63, 3.8) is 0 Å². The first kappa shape index (κ1) is 7.28. The summed E-state index contributed by atoms with van der Waals surface area (Å²) in [7, 11) is 0. The highest BCUT2D eigenvalue weighted by molar-refractivity contribution is 5.62. The molecule has 4 aliphatic rings. The molecule has 4 aliphatic carbocycles. The minimum atomic E-state index is 0.389. The fourth-order valence-electron chi connectivity index (χ4n) is 3.85. The Kier molecular flexibility index (Phi) is 0.955. The van der Waals surface area contributed by atoms with E-state index in [4.69, 9.17) is 0 Å². The quantitative estimate of drug-likeness (QED) is 0.539. The van der Waals surface area contributed by atoms with Crippen molar-refractivity contribution in [2.45, 2.75) is 13.8 Å². The van der Waals surface area contributed by atoms with Crippen LogP contribution in [0.1, 0.15) is 13.8 Å². The first-order chi connectivity index (χ1) is 6.67. The maximum Gasteiger partial charge on any atom is 0.00751 e. The van der Waals surface area contributed by atoms with E-state index < -0.39 is 0 Å². The second-order valence-corrected chi connectivity index (χ2v) is 5.62. The first-order valence-corrected chi connectivity index (χ1v) is 5.51. The van der Waals surface area contributed by atoms with Crippen LogP contribution in [-0.4, -0.2) is 0 Å². The Balaban J connectivity index is 2.03. The molecule has 0 saturated carbocycles. The van der Waals surface area contributed by atoms with Crippen LogP contribution >= 0.6 is 0 Å². The van der Waals surface area contributed by atoms with Crippen molar-refractivity contribution in [2.24, 2.45) is 23.2 Å². The molecule has 3 atom stereocenters. The molecule has 0 amide bonds. The average Bonchev–Trinajstić information content (AvgIpc) is 2.45. The Hall–Kier alpha value is -1.04. The van der Waals surface area contributed by atoms with Crippen LogP contribution in [0.3, 0.4) is 0 Å². The Morgan fingerprint density at radius 3 is 2.79 bits per heavy atom. The van der Waals surface area contributed by atoms with Gasteiger partial charge < -0.3 is 0 Å². The number of allylic oxidation sites excluding steroid dienone is 8. The lowest BCUT2D eigenvalue weighted by Gasteiger charge is -2.36. The number of hydrogen-bond donors (Lipinski definition) is 0. The van der Waals surface area contributed by atoms with Gasteiger partial charge >= 0.3 is 0 Å². The third kappa shape index (κ3) is 0.589. The fraction of sp³-hybridized carbons (Fsp3) is 0.429. The lowest BCUT2D eigenvalue weighted by molar-refractivity contribution is 0.239. The monoisotopic (exact) mass is 182 g/mol. The number of fused-ring (bicyclic) bond motifs is 1. The van der Waals surface area contributed by atoms with Gasteiger partial charge in [-0.15, -0.1) is 0 Å². The largest absolute Gasteiger partial charge is 0.0747 e. The van der Waals surface area contributed by atoms with Crippen molar-refractivity contribution >= 4 is 0 Å².